The minimum absolute atomic E-state index is 0.0563. The Bertz CT molecular complexity index is 492. The van der Waals surface area contributed by atoms with E-state index in [0.29, 0.717) is 18.5 Å². The zero-order valence-corrected chi connectivity index (χ0v) is 10.6. The molecular weight excluding hydrogens is 244 g/mol. The van der Waals surface area contributed by atoms with Gasteiger partial charge in [0.1, 0.15) is 0 Å². The molecule has 0 saturated carbocycles. The van der Waals surface area contributed by atoms with E-state index in [0.717, 1.165) is 12.8 Å². The van der Waals surface area contributed by atoms with Crippen LogP contribution in [0.4, 0.5) is 0 Å². The molecule has 0 fully saturated rings. The van der Waals surface area contributed by atoms with Crippen LogP contribution in [0, 0.1) is 11.3 Å². The maximum absolute atomic E-state index is 11.7. The maximum Gasteiger partial charge on any atom is 0.335 e. The number of hydrogen-bond acceptors (Lipinski definition) is 3. The minimum Gasteiger partial charge on any atom is -0.478 e. The summed E-state index contributed by atoms with van der Waals surface area (Å²) < 4.78 is 0. The average Bonchev–Trinajstić information content (AvgIpc) is 2.39. The molecule has 0 bridgehead atoms. The third-order valence-electron chi connectivity index (χ3n) is 2.64. The van der Waals surface area contributed by atoms with Crippen molar-refractivity contribution < 1.29 is 14.7 Å². The molecule has 1 amide bonds. The van der Waals surface area contributed by atoms with Crippen molar-refractivity contribution in [1.82, 2.24) is 5.32 Å². The summed E-state index contributed by atoms with van der Waals surface area (Å²) in [5.41, 5.74) is 0.659. The lowest BCUT2D eigenvalue weighted by Crippen LogP contribution is -2.26. The summed E-state index contributed by atoms with van der Waals surface area (Å²) in [5, 5.41) is 20.1. The van der Waals surface area contributed by atoms with Gasteiger partial charge in [0.25, 0.3) is 0 Å². The van der Waals surface area contributed by atoms with Crippen molar-refractivity contribution in [3.8, 4) is 6.07 Å². The Morgan fingerprint density at radius 2 is 2.00 bits per heavy atom. The lowest BCUT2D eigenvalue weighted by Gasteiger charge is -2.07. The van der Waals surface area contributed by atoms with Crippen LogP contribution < -0.4 is 5.32 Å². The number of carbonyl (C=O) groups is 2. The molecule has 5 heteroatoms. The summed E-state index contributed by atoms with van der Waals surface area (Å²) in [4.78, 5) is 22.6. The van der Waals surface area contributed by atoms with Gasteiger partial charge in [-0.25, -0.2) is 4.79 Å². The molecule has 5 nitrogen and oxygen atoms in total. The van der Waals surface area contributed by atoms with Crippen molar-refractivity contribution >= 4 is 11.9 Å². The Morgan fingerprint density at radius 1 is 1.26 bits per heavy atom. The molecular formula is C14H16N2O3. The van der Waals surface area contributed by atoms with Gasteiger partial charge >= 0.3 is 5.97 Å². The second-order valence-electron chi connectivity index (χ2n) is 4.10. The topological polar surface area (TPSA) is 90.2 Å². The van der Waals surface area contributed by atoms with E-state index in [-0.39, 0.29) is 17.9 Å². The first-order valence-corrected chi connectivity index (χ1v) is 6.10. The monoisotopic (exact) mass is 260 g/mol. The van der Waals surface area contributed by atoms with Gasteiger partial charge < -0.3 is 10.4 Å². The first kappa shape index (κ1) is 14.7. The molecule has 0 atom stereocenters. The molecule has 0 unspecified atom stereocenters. The fourth-order valence-corrected chi connectivity index (χ4v) is 1.68. The normalized spacial score (nSPS) is 9.63. The van der Waals surface area contributed by atoms with E-state index in [1.54, 1.807) is 18.2 Å². The van der Waals surface area contributed by atoms with Crippen molar-refractivity contribution in [2.24, 2.45) is 0 Å². The smallest absolute Gasteiger partial charge is 0.335 e. The number of nitriles is 1. The van der Waals surface area contributed by atoms with E-state index in [9.17, 15) is 9.59 Å². The van der Waals surface area contributed by atoms with Crippen LogP contribution in [0.25, 0.3) is 0 Å². The molecule has 1 aromatic rings. The third kappa shape index (κ3) is 5.21. The Labute approximate surface area is 111 Å². The number of nitrogens with one attached hydrogen (secondary N) is 1. The molecule has 1 aromatic carbocycles. The number of nitrogens with zero attached hydrogens (tertiary/aromatic N) is 1. The molecule has 0 radical (unpaired) electrons. The summed E-state index contributed by atoms with van der Waals surface area (Å²) in [6.07, 6.45) is 2.04. The van der Waals surface area contributed by atoms with E-state index in [4.69, 9.17) is 10.4 Å². The molecule has 19 heavy (non-hydrogen) atoms. The highest BCUT2D eigenvalue weighted by molar-refractivity contribution is 5.91. The van der Waals surface area contributed by atoms with Crippen molar-refractivity contribution in [3.63, 3.8) is 0 Å². The number of unbranched alkanes of at least 4 members (excludes halogenated alkanes) is 2. The molecule has 1 rings (SSSR count). The first-order chi connectivity index (χ1) is 9.15. The van der Waals surface area contributed by atoms with Gasteiger partial charge in [-0.15, -0.1) is 0 Å². The summed E-state index contributed by atoms with van der Waals surface area (Å²) in [5.74, 6) is -1.23. The van der Waals surface area contributed by atoms with Crippen LogP contribution in [-0.2, 0) is 11.2 Å². The number of rotatable bonds is 7. The molecule has 100 valence electrons. The number of carbonyl (C=O) groups excluding carboxylic acids is 1. The van der Waals surface area contributed by atoms with E-state index < -0.39 is 5.97 Å². The van der Waals surface area contributed by atoms with Crippen LogP contribution in [0.3, 0.4) is 0 Å². The minimum atomic E-state index is -1.03. The van der Waals surface area contributed by atoms with Crippen LogP contribution in [-0.4, -0.2) is 23.5 Å². The Kier molecular flexibility index (Phi) is 6.10. The van der Waals surface area contributed by atoms with Gasteiger partial charge in [-0.3, -0.25) is 4.79 Å². The van der Waals surface area contributed by atoms with Gasteiger partial charge in [-0.2, -0.15) is 5.26 Å². The number of amides is 1. The highest BCUT2D eigenvalue weighted by atomic mass is 16.4. The SMILES string of the molecule is N#CCCCCNC(=O)Cc1ccccc1C(=O)O. The lowest BCUT2D eigenvalue weighted by atomic mass is 10.0. The number of benzene rings is 1. The number of carboxylic acid groups (broad SMARTS) is 1. The van der Waals surface area contributed by atoms with E-state index >= 15 is 0 Å². The first-order valence-electron chi connectivity index (χ1n) is 6.10. The molecule has 0 spiro atoms. The van der Waals surface area contributed by atoms with Crippen LogP contribution in [0.2, 0.25) is 0 Å². The van der Waals surface area contributed by atoms with Crippen molar-refractivity contribution in [2.45, 2.75) is 25.7 Å². The van der Waals surface area contributed by atoms with Crippen LogP contribution in [0.5, 0.6) is 0 Å². The molecule has 0 heterocycles. The van der Waals surface area contributed by atoms with Gasteiger partial charge in [0, 0.05) is 13.0 Å². The fraction of sp³-hybridized carbons (Fsp3) is 0.357. The standard InChI is InChI=1S/C14H16N2O3/c15-8-4-1-5-9-16-13(17)10-11-6-2-3-7-12(11)14(18)19/h2-3,6-7H,1,4-5,9-10H2,(H,16,17)(H,18,19). The van der Waals surface area contributed by atoms with E-state index in [1.807, 2.05) is 6.07 Å². The van der Waals surface area contributed by atoms with Gasteiger partial charge in [-0.05, 0) is 24.5 Å². The maximum atomic E-state index is 11.7. The molecule has 0 aliphatic rings. The molecule has 0 saturated heterocycles. The summed E-state index contributed by atoms with van der Waals surface area (Å²) >= 11 is 0. The quantitative estimate of drug-likeness (QED) is 0.730. The second kappa shape index (κ2) is 7.88. The third-order valence-corrected chi connectivity index (χ3v) is 2.64. The second-order valence-corrected chi connectivity index (χ2v) is 4.10. The zero-order valence-electron chi connectivity index (χ0n) is 10.6. The van der Waals surface area contributed by atoms with Crippen LogP contribution in [0.1, 0.15) is 35.2 Å². The molecule has 2 N–H and O–H groups in total. The van der Waals surface area contributed by atoms with Crippen molar-refractivity contribution in [2.75, 3.05) is 6.54 Å². The summed E-state index contributed by atoms with van der Waals surface area (Å²) in [7, 11) is 0. The lowest BCUT2D eigenvalue weighted by molar-refractivity contribution is -0.120. The molecule has 0 aliphatic heterocycles. The largest absolute Gasteiger partial charge is 0.478 e. The van der Waals surface area contributed by atoms with Gasteiger partial charge in [-0.1, -0.05) is 18.2 Å². The zero-order chi connectivity index (χ0) is 14.1. The van der Waals surface area contributed by atoms with Crippen LogP contribution >= 0.6 is 0 Å². The number of carboxylic acids is 1. The fourth-order valence-electron chi connectivity index (χ4n) is 1.68. The van der Waals surface area contributed by atoms with Crippen molar-refractivity contribution in [3.05, 3.63) is 35.4 Å². The van der Waals surface area contributed by atoms with E-state index in [2.05, 4.69) is 5.32 Å². The van der Waals surface area contributed by atoms with Crippen LogP contribution in [0.15, 0.2) is 24.3 Å². The average molecular weight is 260 g/mol. The van der Waals surface area contributed by atoms with Gasteiger partial charge in [0.05, 0.1) is 18.1 Å². The molecule has 0 aliphatic carbocycles. The van der Waals surface area contributed by atoms with Gasteiger partial charge in [0.2, 0.25) is 5.91 Å². The summed E-state index contributed by atoms with van der Waals surface area (Å²) in [6, 6.07) is 8.50. The highest BCUT2D eigenvalue weighted by Crippen LogP contribution is 2.09. The van der Waals surface area contributed by atoms with Gasteiger partial charge in [0.15, 0.2) is 0 Å². The Hall–Kier alpha value is -2.35. The Morgan fingerprint density at radius 3 is 2.68 bits per heavy atom. The predicted octanol–water partition coefficient (Wildman–Crippen LogP) is 1.74. The number of hydrogen-bond donors (Lipinski definition) is 2. The van der Waals surface area contributed by atoms with E-state index in [1.165, 1.54) is 6.07 Å². The highest BCUT2D eigenvalue weighted by Gasteiger charge is 2.11. The predicted molar refractivity (Wildman–Crippen MR) is 69.6 cm³/mol. The Balaban J connectivity index is 2.45. The van der Waals surface area contributed by atoms with Crippen molar-refractivity contribution in [1.29, 1.82) is 5.26 Å². The number of aromatic carboxylic acids is 1. The molecule has 0 aromatic heterocycles. The summed E-state index contributed by atoms with van der Waals surface area (Å²) in [6.45, 7) is 0.510.